The number of piperazine rings is 1. The van der Waals surface area contributed by atoms with E-state index in [0.29, 0.717) is 18.0 Å². The first kappa shape index (κ1) is 25.9. The van der Waals surface area contributed by atoms with E-state index in [2.05, 4.69) is 46.3 Å². The number of rotatable bonds is 10. The van der Waals surface area contributed by atoms with Gasteiger partial charge in [-0.15, -0.1) is 10.2 Å². The predicted molar refractivity (Wildman–Crippen MR) is 150 cm³/mol. The van der Waals surface area contributed by atoms with Gasteiger partial charge in [-0.25, -0.2) is 0 Å². The van der Waals surface area contributed by atoms with Gasteiger partial charge in [-0.2, -0.15) is 0 Å². The van der Waals surface area contributed by atoms with Gasteiger partial charge in [-0.1, -0.05) is 36.0 Å². The Bertz CT molecular complexity index is 1350. The van der Waals surface area contributed by atoms with Crippen molar-refractivity contribution in [3.63, 3.8) is 0 Å². The second-order valence-electron chi connectivity index (χ2n) is 9.30. The lowest BCUT2D eigenvalue weighted by molar-refractivity contribution is -0.131. The fourth-order valence-corrected chi connectivity index (χ4v) is 5.67. The average Bonchev–Trinajstić information content (AvgIpc) is 3.63. The molecule has 1 aliphatic heterocycles. The van der Waals surface area contributed by atoms with Crippen molar-refractivity contribution in [3.05, 3.63) is 72.5 Å². The molecule has 1 aliphatic rings. The second kappa shape index (κ2) is 12.2. The van der Waals surface area contributed by atoms with Gasteiger partial charge in [0, 0.05) is 38.4 Å². The van der Waals surface area contributed by atoms with Crippen LogP contribution in [0.2, 0.25) is 0 Å². The highest BCUT2D eigenvalue weighted by atomic mass is 32.2. The third-order valence-electron chi connectivity index (χ3n) is 6.71. The molecule has 0 saturated carbocycles. The van der Waals surface area contributed by atoms with Crippen LogP contribution in [0.5, 0.6) is 5.75 Å². The van der Waals surface area contributed by atoms with Gasteiger partial charge in [0.2, 0.25) is 11.7 Å². The molecule has 8 nitrogen and oxygen atoms in total. The third kappa shape index (κ3) is 5.88. The van der Waals surface area contributed by atoms with Crippen molar-refractivity contribution in [1.82, 2.24) is 19.7 Å². The largest absolute Gasteiger partial charge is 0.495 e. The van der Waals surface area contributed by atoms with Gasteiger partial charge in [-0.3, -0.25) is 9.36 Å². The molecule has 3 heterocycles. The summed E-state index contributed by atoms with van der Waals surface area (Å²) in [5.41, 5.74) is 3.26. The Balaban J connectivity index is 1.12. The Kier molecular flexibility index (Phi) is 8.33. The number of methoxy groups -OCH3 is 1. The van der Waals surface area contributed by atoms with Crippen LogP contribution in [0.4, 0.5) is 5.69 Å². The topological polar surface area (TPSA) is 76.6 Å². The smallest absolute Gasteiger partial charge is 0.222 e. The van der Waals surface area contributed by atoms with E-state index >= 15 is 0 Å². The lowest BCUT2D eigenvalue weighted by atomic mass is 10.2. The number of amides is 1. The molecule has 4 aromatic rings. The molecule has 0 bridgehead atoms. The highest BCUT2D eigenvalue weighted by Crippen LogP contribution is 2.30. The molecule has 0 radical (unpaired) electrons. The fourth-order valence-electron chi connectivity index (χ4n) is 4.72. The van der Waals surface area contributed by atoms with Gasteiger partial charge in [0.05, 0.1) is 24.7 Å². The number of carbonyl (C=O) groups is 1. The number of thioether (sulfide) groups is 1. The number of aryl methyl sites for hydroxylation is 1. The van der Waals surface area contributed by atoms with Gasteiger partial charge < -0.3 is 19.0 Å². The van der Waals surface area contributed by atoms with Crippen LogP contribution in [-0.2, 0) is 4.79 Å². The van der Waals surface area contributed by atoms with E-state index in [-0.39, 0.29) is 5.91 Å². The highest BCUT2D eigenvalue weighted by molar-refractivity contribution is 7.99. The van der Waals surface area contributed by atoms with Crippen molar-refractivity contribution >= 4 is 23.4 Å². The first-order valence-corrected chi connectivity index (χ1v) is 14.0. The zero-order valence-electron chi connectivity index (χ0n) is 21.9. The van der Waals surface area contributed by atoms with Crippen LogP contribution >= 0.6 is 11.8 Å². The van der Waals surface area contributed by atoms with E-state index in [1.165, 1.54) is 5.56 Å². The molecule has 5 rings (SSSR count). The molecule has 0 aliphatic carbocycles. The zero-order valence-corrected chi connectivity index (χ0v) is 22.7. The van der Waals surface area contributed by atoms with E-state index in [1.54, 1.807) is 25.1 Å². The van der Waals surface area contributed by atoms with Crippen LogP contribution in [0.15, 0.2) is 76.5 Å². The minimum Gasteiger partial charge on any atom is -0.495 e. The molecule has 0 spiro atoms. The van der Waals surface area contributed by atoms with E-state index in [0.717, 1.165) is 67.1 Å². The average molecular weight is 532 g/mol. The van der Waals surface area contributed by atoms with Gasteiger partial charge in [-0.05, 0) is 61.7 Å². The van der Waals surface area contributed by atoms with Crippen LogP contribution < -0.4 is 9.64 Å². The van der Waals surface area contributed by atoms with Crippen molar-refractivity contribution in [2.45, 2.75) is 31.3 Å². The number of hydrogen-bond acceptors (Lipinski definition) is 7. The van der Waals surface area contributed by atoms with Crippen molar-refractivity contribution in [3.8, 4) is 23.0 Å². The maximum atomic E-state index is 12.8. The molecular weight excluding hydrogens is 498 g/mol. The molecule has 2 aromatic heterocycles. The van der Waals surface area contributed by atoms with E-state index in [1.807, 2.05) is 45.9 Å². The number of hydrogen-bond donors (Lipinski definition) is 0. The Hall–Kier alpha value is -3.72. The van der Waals surface area contributed by atoms with Gasteiger partial charge >= 0.3 is 0 Å². The van der Waals surface area contributed by atoms with Crippen LogP contribution in [0, 0.1) is 6.92 Å². The van der Waals surface area contributed by atoms with E-state index < -0.39 is 0 Å². The number of anilines is 1. The monoisotopic (exact) mass is 531 g/mol. The van der Waals surface area contributed by atoms with Crippen LogP contribution in [0.25, 0.3) is 17.3 Å². The molecule has 2 aromatic carbocycles. The number of para-hydroxylation sites is 2. The first-order valence-electron chi connectivity index (χ1n) is 13.0. The summed E-state index contributed by atoms with van der Waals surface area (Å²) in [6, 6.07) is 20.1. The molecule has 1 saturated heterocycles. The number of aromatic nitrogens is 3. The highest BCUT2D eigenvalue weighted by Gasteiger charge is 2.23. The number of ether oxygens (including phenoxy) is 1. The summed E-state index contributed by atoms with van der Waals surface area (Å²) >= 11 is 1.66. The summed E-state index contributed by atoms with van der Waals surface area (Å²) in [6.07, 6.45) is 3.99. The van der Waals surface area contributed by atoms with Crippen molar-refractivity contribution in [1.29, 1.82) is 0 Å². The zero-order chi connectivity index (χ0) is 26.3. The van der Waals surface area contributed by atoms with Crippen LogP contribution in [0.1, 0.15) is 24.8 Å². The molecule has 9 heteroatoms. The summed E-state index contributed by atoms with van der Waals surface area (Å²) in [6.45, 7) is 5.17. The maximum absolute atomic E-state index is 12.8. The van der Waals surface area contributed by atoms with Gasteiger partial charge in [0.15, 0.2) is 10.9 Å². The van der Waals surface area contributed by atoms with Gasteiger partial charge in [0.1, 0.15) is 5.75 Å². The van der Waals surface area contributed by atoms with Gasteiger partial charge in [0.25, 0.3) is 0 Å². The number of nitrogens with zero attached hydrogens (tertiary/aromatic N) is 5. The predicted octanol–water partition coefficient (Wildman–Crippen LogP) is 5.46. The van der Waals surface area contributed by atoms with Crippen LogP contribution in [0.3, 0.4) is 0 Å². The Morgan fingerprint density at radius 2 is 1.84 bits per heavy atom. The Morgan fingerprint density at radius 3 is 2.61 bits per heavy atom. The molecular formula is C29H33N5O3S. The normalized spacial score (nSPS) is 13.6. The molecule has 1 amide bonds. The van der Waals surface area contributed by atoms with E-state index in [9.17, 15) is 4.79 Å². The van der Waals surface area contributed by atoms with Crippen molar-refractivity contribution < 1.29 is 13.9 Å². The minimum atomic E-state index is 0.234. The Morgan fingerprint density at radius 1 is 1.00 bits per heavy atom. The molecule has 0 N–H and O–H groups in total. The second-order valence-corrected chi connectivity index (χ2v) is 10.4. The molecule has 38 heavy (non-hydrogen) atoms. The van der Waals surface area contributed by atoms with Crippen molar-refractivity contribution in [2.75, 3.05) is 43.9 Å². The molecule has 198 valence electrons. The minimum absolute atomic E-state index is 0.234. The summed E-state index contributed by atoms with van der Waals surface area (Å²) in [5.74, 6) is 3.33. The van der Waals surface area contributed by atoms with E-state index in [4.69, 9.17) is 9.15 Å². The summed E-state index contributed by atoms with van der Waals surface area (Å²) < 4.78 is 13.2. The SMILES string of the molecule is COc1ccccc1N1CCN(C(=O)CCCCSc2nnc(-c3ccco3)n2-c2cccc(C)c2)CC1. The molecule has 0 unspecified atom stereocenters. The Labute approximate surface area is 227 Å². The first-order chi connectivity index (χ1) is 18.6. The molecule has 0 atom stereocenters. The number of furan rings is 1. The number of carbonyl (C=O) groups excluding carboxylic acids is 1. The summed E-state index contributed by atoms with van der Waals surface area (Å²) in [5, 5.41) is 9.69. The number of unbranched alkanes of at least 4 members (excludes halogenated alkanes) is 1. The molecule has 1 fully saturated rings. The number of benzene rings is 2. The maximum Gasteiger partial charge on any atom is 0.222 e. The summed E-state index contributed by atoms with van der Waals surface area (Å²) in [4.78, 5) is 17.1. The third-order valence-corrected chi connectivity index (χ3v) is 7.72. The van der Waals surface area contributed by atoms with Crippen LogP contribution in [-0.4, -0.2) is 64.6 Å². The fraction of sp³-hybridized carbons (Fsp3) is 0.345. The lowest BCUT2D eigenvalue weighted by Crippen LogP contribution is -2.48. The summed E-state index contributed by atoms with van der Waals surface area (Å²) in [7, 11) is 1.70. The quantitative estimate of drug-likeness (QED) is 0.199. The standard InChI is InChI=1S/C29H33N5O3S/c1-22-9-7-10-23(21-22)34-28(26-13-8-19-37-26)30-31-29(34)38-20-6-5-14-27(35)33-17-15-32(16-18-33)24-11-3-4-12-25(24)36-2/h3-4,7-13,19,21H,5-6,14-18,20H2,1-2H3. The van der Waals surface area contributed by atoms with Crippen molar-refractivity contribution in [2.24, 2.45) is 0 Å². The lowest BCUT2D eigenvalue weighted by Gasteiger charge is -2.36.